The average molecular weight is 421 g/mol. The number of nitrogens with zero attached hydrogens (tertiary/aromatic N) is 8. The van der Waals surface area contributed by atoms with Gasteiger partial charge in [0.25, 0.3) is 0 Å². The number of fused-ring (bicyclic) bond motifs is 2. The molecule has 3 aromatic rings. The molecule has 2 saturated heterocycles. The second-order valence-corrected chi connectivity index (χ2v) is 7.91. The number of alkyl halides is 1. The van der Waals surface area contributed by atoms with Gasteiger partial charge in [-0.25, -0.2) is 14.1 Å². The number of aromatic hydroxyl groups is 1. The summed E-state index contributed by atoms with van der Waals surface area (Å²) in [6.45, 7) is 0. The Morgan fingerprint density at radius 3 is 2.87 bits per heavy atom. The van der Waals surface area contributed by atoms with Gasteiger partial charge in [0.1, 0.15) is 18.0 Å². The molecule has 2 aromatic heterocycles. The normalized spacial score (nSPS) is 24.7. The van der Waals surface area contributed by atoms with E-state index >= 15 is 0 Å². The third kappa shape index (κ3) is 3.44. The van der Waals surface area contributed by atoms with Gasteiger partial charge in [-0.1, -0.05) is 5.21 Å². The van der Waals surface area contributed by atoms with Crippen molar-refractivity contribution in [3.8, 4) is 28.9 Å². The molecule has 2 aliphatic rings. The molecule has 4 atom stereocenters. The molecule has 11 heteroatoms. The standard InChI is InChI=1S/C20H20FN9O/c1-29(16-6-11-2-5-15(24-11)19(16)21)18-9-23-20(27-26-18)14-4-3-13(7-17(14)31)30-10-12(8-22)25-28-30/h3-4,7,9-11,15-16,19,24,31H,2,5-6H2,1H3/t11-,15+,16+,19-/m1/s1. The number of benzene rings is 1. The van der Waals surface area contributed by atoms with Crippen LogP contribution >= 0.6 is 0 Å². The first-order valence-electron chi connectivity index (χ1n) is 10.0. The molecule has 1 aromatic carbocycles. The van der Waals surface area contributed by atoms with Gasteiger partial charge in [0.05, 0.1) is 29.7 Å². The van der Waals surface area contributed by atoms with E-state index in [0.29, 0.717) is 23.1 Å². The first-order chi connectivity index (χ1) is 15.0. The molecule has 10 nitrogen and oxygen atoms in total. The van der Waals surface area contributed by atoms with Crippen LogP contribution in [0.25, 0.3) is 17.1 Å². The molecule has 2 aliphatic heterocycles. The van der Waals surface area contributed by atoms with Crippen molar-refractivity contribution in [2.45, 2.75) is 43.6 Å². The third-order valence-corrected chi connectivity index (χ3v) is 6.06. The van der Waals surface area contributed by atoms with Crippen LogP contribution in [-0.2, 0) is 0 Å². The van der Waals surface area contributed by atoms with E-state index in [-0.39, 0.29) is 29.4 Å². The highest BCUT2D eigenvalue weighted by molar-refractivity contribution is 5.66. The number of piperidine rings is 1. The van der Waals surface area contributed by atoms with Crippen molar-refractivity contribution in [2.75, 3.05) is 11.9 Å². The fourth-order valence-electron chi connectivity index (χ4n) is 4.37. The lowest BCUT2D eigenvalue weighted by atomic mass is 9.96. The number of halogens is 1. The van der Waals surface area contributed by atoms with Crippen molar-refractivity contribution in [1.82, 2.24) is 35.5 Å². The number of phenolic OH excluding ortho intramolecular Hbond substituents is 1. The summed E-state index contributed by atoms with van der Waals surface area (Å²) in [4.78, 5) is 6.14. The Kier molecular flexibility index (Phi) is 4.71. The predicted molar refractivity (Wildman–Crippen MR) is 108 cm³/mol. The molecular weight excluding hydrogens is 401 g/mol. The Morgan fingerprint density at radius 1 is 1.29 bits per heavy atom. The monoisotopic (exact) mass is 421 g/mol. The van der Waals surface area contributed by atoms with E-state index in [1.165, 1.54) is 16.9 Å². The largest absolute Gasteiger partial charge is 0.507 e. The van der Waals surface area contributed by atoms with Crippen molar-refractivity contribution in [3.05, 3.63) is 36.3 Å². The van der Waals surface area contributed by atoms with Gasteiger partial charge in [-0.2, -0.15) is 5.26 Å². The average Bonchev–Trinajstić information content (AvgIpc) is 3.43. The van der Waals surface area contributed by atoms with Gasteiger partial charge in [-0.3, -0.25) is 0 Å². The lowest BCUT2D eigenvalue weighted by molar-refractivity contribution is 0.176. The van der Waals surface area contributed by atoms with E-state index in [0.717, 1.165) is 19.3 Å². The van der Waals surface area contributed by atoms with Crippen LogP contribution in [0.15, 0.2) is 30.6 Å². The topological polar surface area (TPSA) is 129 Å². The first-order valence-corrected chi connectivity index (χ1v) is 10.0. The molecule has 5 rings (SSSR count). The van der Waals surface area contributed by atoms with Crippen LogP contribution in [0, 0.1) is 11.3 Å². The second kappa shape index (κ2) is 7.55. The summed E-state index contributed by atoms with van der Waals surface area (Å²) in [5, 5.41) is 38.6. The van der Waals surface area contributed by atoms with Crippen LogP contribution < -0.4 is 10.2 Å². The lowest BCUT2D eigenvalue weighted by Gasteiger charge is -2.38. The minimum absolute atomic E-state index is 0.0619. The van der Waals surface area contributed by atoms with E-state index in [4.69, 9.17) is 5.26 Å². The van der Waals surface area contributed by atoms with Crippen molar-refractivity contribution in [2.24, 2.45) is 0 Å². The summed E-state index contributed by atoms with van der Waals surface area (Å²) >= 11 is 0. The maximum atomic E-state index is 14.8. The zero-order chi connectivity index (χ0) is 21.5. The molecule has 2 fully saturated rings. The molecule has 4 heterocycles. The lowest BCUT2D eigenvalue weighted by Crippen LogP contribution is -2.55. The summed E-state index contributed by atoms with van der Waals surface area (Å²) < 4.78 is 16.2. The van der Waals surface area contributed by atoms with E-state index in [2.05, 4.69) is 30.8 Å². The minimum Gasteiger partial charge on any atom is -0.507 e. The molecule has 2 bridgehead atoms. The van der Waals surface area contributed by atoms with E-state index in [1.807, 2.05) is 13.1 Å². The summed E-state index contributed by atoms with van der Waals surface area (Å²) in [5.74, 6) is 0.674. The quantitative estimate of drug-likeness (QED) is 0.641. The first kappa shape index (κ1) is 19.3. The number of aromatic nitrogens is 6. The number of hydrogen-bond acceptors (Lipinski definition) is 9. The number of rotatable bonds is 4. The van der Waals surface area contributed by atoms with Crippen LogP contribution in [0.5, 0.6) is 5.75 Å². The predicted octanol–water partition coefficient (Wildman–Crippen LogP) is 1.36. The SMILES string of the molecule is CN(c1cnc(-c2ccc(-n3cc(C#N)nn3)cc2O)nn1)[C@H]1C[C@H]2CC[C@H](N2)[C@H]1F. The van der Waals surface area contributed by atoms with Crippen LogP contribution in [0.3, 0.4) is 0 Å². The van der Waals surface area contributed by atoms with Crippen LogP contribution in [-0.4, -0.2) is 66.6 Å². The Labute approximate surface area is 177 Å². The molecule has 158 valence electrons. The van der Waals surface area contributed by atoms with Crippen LogP contribution in [0.2, 0.25) is 0 Å². The minimum atomic E-state index is -0.972. The summed E-state index contributed by atoms with van der Waals surface area (Å²) in [5.41, 5.74) is 1.11. The Bertz CT molecular complexity index is 1140. The van der Waals surface area contributed by atoms with Crippen molar-refractivity contribution in [1.29, 1.82) is 5.26 Å². The van der Waals surface area contributed by atoms with Gasteiger partial charge in [-0.05, 0) is 31.4 Å². The number of anilines is 1. The zero-order valence-corrected chi connectivity index (χ0v) is 16.7. The van der Waals surface area contributed by atoms with E-state index < -0.39 is 6.17 Å². The smallest absolute Gasteiger partial charge is 0.185 e. The number of hydrogen-bond donors (Lipinski definition) is 2. The van der Waals surface area contributed by atoms with Gasteiger partial charge in [0, 0.05) is 25.2 Å². The maximum Gasteiger partial charge on any atom is 0.185 e. The highest BCUT2D eigenvalue weighted by Gasteiger charge is 2.43. The van der Waals surface area contributed by atoms with Crippen LogP contribution in [0.4, 0.5) is 10.2 Å². The van der Waals surface area contributed by atoms with Crippen molar-refractivity contribution in [3.63, 3.8) is 0 Å². The second-order valence-electron chi connectivity index (χ2n) is 7.91. The molecule has 0 unspecified atom stereocenters. The Hall–Kier alpha value is -3.65. The number of nitrogens with one attached hydrogen (secondary N) is 1. The maximum absolute atomic E-state index is 14.8. The zero-order valence-electron chi connectivity index (χ0n) is 16.7. The highest BCUT2D eigenvalue weighted by atomic mass is 19.1. The summed E-state index contributed by atoms with van der Waals surface area (Å²) in [7, 11) is 1.81. The summed E-state index contributed by atoms with van der Waals surface area (Å²) in [6, 6.07) is 6.69. The van der Waals surface area contributed by atoms with Crippen molar-refractivity contribution < 1.29 is 9.50 Å². The molecule has 0 spiro atoms. The van der Waals surface area contributed by atoms with Gasteiger partial charge in [0.2, 0.25) is 0 Å². The molecular formula is C20H20FN9O. The van der Waals surface area contributed by atoms with Crippen LogP contribution in [0.1, 0.15) is 25.0 Å². The number of nitriles is 1. The molecule has 0 radical (unpaired) electrons. The molecule has 2 N–H and O–H groups in total. The molecule has 0 aliphatic carbocycles. The highest BCUT2D eigenvalue weighted by Crippen LogP contribution is 2.33. The van der Waals surface area contributed by atoms with Gasteiger partial charge in [-0.15, -0.1) is 15.3 Å². The van der Waals surface area contributed by atoms with Gasteiger partial charge in [0.15, 0.2) is 17.3 Å². The third-order valence-electron chi connectivity index (χ3n) is 6.06. The van der Waals surface area contributed by atoms with Gasteiger partial charge >= 0.3 is 0 Å². The molecule has 31 heavy (non-hydrogen) atoms. The van der Waals surface area contributed by atoms with E-state index in [1.54, 1.807) is 23.2 Å². The van der Waals surface area contributed by atoms with Gasteiger partial charge < -0.3 is 15.3 Å². The Morgan fingerprint density at radius 2 is 2.16 bits per heavy atom. The van der Waals surface area contributed by atoms with Crippen molar-refractivity contribution >= 4 is 5.82 Å². The Balaban J connectivity index is 1.35. The number of phenols is 1. The molecule has 0 saturated carbocycles. The fourth-order valence-corrected chi connectivity index (χ4v) is 4.37. The summed E-state index contributed by atoms with van der Waals surface area (Å²) in [6.07, 6.45) is 4.61. The van der Waals surface area contributed by atoms with E-state index in [9.17, 15) is 9.50 Å². The molecule has 0 amide bonds. The fraction of sp³-hybridized carbons (Fsp3) is 0.400.